The van der Waals surface area contributed by atoms with E-state index in [1.165, 1.54) is 32.1 Å². The van der Waals surface area contributed by atoms with Gasteiger partial charge >= 0.3 is 0 Å². The van der Waals surface area contributed by atoms with Gasteiger partial charge in [0.05, 0.1) is 5.38 Å². The van der Waals surface area contributed by atoms with Gasteiger partial charge in [0.1, 0.15) is 12.3 Å². The highest BCUT2D eigenvalue weighted by Crippen LogP contribution is 2.47. The van der Waals surface area contributed by atoms with Crippen LogP contribution in [0.5, 0.6) is 0 Å². The maximum atomic E-state index is 14.8. The maximum Gasteiger partial charge on any atom is 0.117 e. The van der Waals surface area contributed by atoms with Gasteiger partial charge in [-0.05, 0) is 81.0 Å². The Morgan fingerprint density at radius 1 is 0.682 bits per heavy atom. The van der Waals surface area contributed by atoms with Crippen LogP contribution in [0.3, 0.4) is 0 Å². The van der Waals surface area contributed by atoms with E-state index in [4.69, 9.17) is 11.6 Å². The fraction of sp³-hybridized carbons (Fsp3) is 1.00. The molecule has 6 unspecified atom stereocenters. The summed E-state index contributed by atoms with van der Waals surface area (Å²) >= 11 is 5.98. The van der Waals surface area contributed by atoms with Crippen LogP contribution in [0.1, 0.15) is 71.1 Å². The van der Waals surface area contributed by atoms with E-state index in [0.717, 1.165) is 37.5 Å². The lowest BCUT2D eigenvalue weighted by atomic mass is 9.65. The zero-order chi connectivity index (χ0) is 15.7. The largest absolute Gasteiger partial charge is 0.247 e. The molecule has 0 bridgehead atoms. The Kier molecular flexibility index (Phi) is 5.69. The van der Waals surface area contributed by atoms with Crippen molar-refractivity contribution in [1.82, 2.24) is 0 Å². The molecule has 0 aromatic heterocycles. The molecule has 22 heavy (non-hydrogen) atoms. The summed E-state index contributed by atoms with van der Waals surface area (Å²) < 4.78 is 28.6. The minimum Gasteiger partial charge on any atom is -0.247 e. The first-order valence-corrected chi connectivity index (χ1v) is 9.90. The lowest BCUT2D eigenvalue weighted by Crippen LogP contribution is -2.39. The molecule has 0 amide bonds. The van der Waals surface area contributed by atoms with Crippen molar-refractivity contribution in [2.24, 2.45) is 29.6 Å². The molecular weight excluding hydrogens is 302 g/mol. The number of hydrogen-bond donors (Lipinski definition) is 0. The van der Waals surface area contributed by atoms with E-state index in [9.17, 15) is 8.78 Å². The van der Waals surface area contributed by atoms with Crippen molar-refractivity contribution < 1.29 is 8.78 Å². The standard InChI is InChI=1S/C19H31ClF2/c1-12-2-4-13(5-3-12)14-6-8-16(18(21)10-14)15-7-9-17(20)19(22)11-15/h12-19H,2-11H2,1H3. The number of rotatable bonds is 2. The zero-order valence-corrected chi connectivity index (χ0v) is 14.6. The minimum absolute atomic E-state index is 0.0983. The molecule has 3 saturated carbocycles. The average Bonchev–Trinajstić information content (AvgIpc) is 2.51. The molecule has 3 rings (SSSR count). The molecule has 3 heteroatoms. The van der Waals surface area contributed by atoms with Gasteiger partial charge in [-0.15, -0.1) is 11.6 Å². The highest BCUT2D eigenvalue weighted by molar-refractivity contribution is 6.21. The van der Waals surface area contributed by atoms with Gasteiger partial charge in [-0.3, -0.25) is 0 Å². The topological polar surface area (TPSA) is 0 Å². The number of hydrogen-bond acceptors (Lipinski definition) is 0. The van der Waals surface area contributed by atoms with Gasteiger partial charge in [-0.25, -0.2) is 8.78 Å². The summed E-state index contributed by atoms with van der Waals surface area (Å²) in [6.07, 6.45) is 8.63. The van der Waals surface area contributed by atoms with E-state index < -0.39 is 12.3 Å². The number of halogens is 3. The Morgan fingerprint density at radius 3 is 1.91 bits per heavy atom. The second-order valence-electron chi connectivity index (χ2n) is 8.38. The summed E-state index contributed by atoms with van der Waals surface area (Å²) in [5.41, 5.74) is 0. The second kappa shape index (κ2) is 7.36. The Balaban J connectivity index is 1.52. The van der Waals surface area contributed by atoms with Gasteiger partial charge in [0, 0.05) is 0 Å². The Morgan fingerprint density at radius 2 is 1.27 bits per heavy atom. The van der Waals surface area contributed by atoms with Crippen molar-refractivity contribution in [3.8, 4) is 0 Å². The van der Waals surface area contributed by atoms with Crippen LogP contribution < -0.4 is 0 Å². The van der Waals surface area contributed by atoms with E-state index in [-0.39, 0.29) is 17.2 Å². The van der Waals surface area contributed by atoms with Crippen molar-refractivity contribution >= 4 is 11.6 Å². The molecule has 0 saturated heterocycles. The van der Waals surface area contributed by atoms with Crippen molar-refractivity contribution in [1.29, 1.82) is 0 Å². The predicted molar refractivity (Wildman–Crippen MR) is 88.7 cm³/mol. The molecule has 0 aromatic rings. The lowest BCUT2D eigenvalue weighted by Gasteiger charge is -2.43. The molecule has 0 N–H and O–H groups in total. The molecule has 0 aromatic carbocycles. The van der Waals surface area contributed by atoms with Crippen LogP contribution in [-0.2, 0) is 0 Å². The van der Waals surface area contributed by atoms with Crippen LogP contribution in [0.15, 0.2) is 0 Å². The van der Waals surface area contributed by atoms with Crippen LogP contribution in [0.25, 0.3) is 0 Å². The normalized spacial score (nSPS) is 50.7. The summed E-state index contributed by atoms with van der Waals surface area (Å²) in [6, 6.07) is 0. The van der Waals surface area contributed by atoms with Gasteiger partial charge < -0.3 is 0 Å². The number of alkyl halides is 3. The summed E-state index contributed by atoms with van der Waals surface area (Å²) in [7, 11) is 0. The molecule has 128 valence electrons. The summed E-state index contributed by atoms with van der Waals surface area (Å²) in [5, 5.41) is -0.338. The molecule has 3 fully saturated rings. The van der Waals surface area contributed by atoms with Crippen molar-refractivity contribution in [2.45, 2.75) is 88.9 Å². The van der Waals surface area contributed by atoms with E-state index in [0.29, 0.717) is 12.3 Å². The quantitative estimate of drug-likeness (QED) is 0.519. The van der Waals surface area contributed by atoms with Crippen LogP contribution in [0.4, 0.5) is 8.78 Å². The van der Waals surface area contributed by atoms with Gasteiger partial charge in [-0.2, -0.15) is 0 Å². The van der Waals surface area contributed by atoms with Gasteiger partial charge in [0.15, 0.2) is 0 Å². The fourth-order valence-corrected chi connectivity index (χ4v) is 5.61. The van der Waals surface area contributed by atoms with Crippen LogP contribution in [0, 0.1) is 29.6 Å². The third-order valence-electron chi connectivity index (χ3n) is 6.93. The third kappa shape index (κ3) is 3.79. The fourth-order valence-electron chi connectivity index (χ4n) is 5.38. The van der Waals surface area contributed by atoms with Crippen molar-refractivity contribution in [3.63, 3.8) is 0 Å². The van der Waals surface area contributed by atoms with Crippen LogP contribution in [-0.4, -0.2) is 17.7 Å². The SMILES string of the molecule is CC1CCC(C2CCC(C3CCC(Cl)C(F)C3)C(F)C2)CC1. The molecule has 0 heterocycles. The maximum absolute atomic E-state index is 14.8. The Bertz CT molecular complexity index is 353. The molecule has 0 spiro atoms. The monoisotopic (exact) mass is 332 g/mol. The van der Waals surface area contributed by atoms with E-state index in [2.05, 4.69) is 6.92 Å². The second-order valence-corrected chi connectivity index (χ2v) is 8.94. The molecule has 0 aliphatic heterocycles. The van der Waals surface area contributed by atoms with Gasteiger partial charge in [0.2, 0.25) is 0 Å². The first kappa shape index (κ1) is 17.0. The molecule has 0 nitrogen and oxygen atoms in total. The van der Waals surface area contributed by atoms with Crippen LogP contribution >= 0.6 is 11.6 Å². The smallest absolute Gasteiger partial charge is 0.117 e. The molecule has 6 atom stereocenters. The Hall–Kier alpha value is 0.150. The Labute approximate surface area is 139 Å². The molecule has 0 radical (unpaired) electrons. The van der Waals surface area contributed by atoms with Crippen LogP contribution in [0.2, 0.25) is 0 Å². The summed E-state index contributed by atoms with van der Waals surface area (Å²) in [4.78, 5) is 0. The average molecular weight is 333 g/mol. The first-order chi connectivity index (χ1) is 10.5. The van der Waals surface area contributed by atoms with Gasteiger partial charge in [0.25, 0.3) is 0 Å². The lowest BCUT2D eigenvalue weighted by molar-refractivity contribution is 0.0280. The van der Waals surface area contributed by atoms with E-state index in [1.807, 2.05) is 0 Å². The molecule has 3 aliphatic rings. The highest BCUT2D eigenvalue weighted by atomic mass is 35.5. The predicted octanol–water partition coefficient (Wildman–Crippen LogP) is 6.31. The minimum atomic E-state index is -0.926. The van der Waals surface area contributed by atoms with E-state index in [1.54, 1.807) is 0 Å². The summed E-state index contributed by atoms with van der Waals surface area (Å²) in [5.74, 6) is 2.53. The van der Waals surface area contributed by atoms with E-state index >= 15 is 0 Å². The molecular formula is C19H31ClF2. The zero-order valence-electron chi connectivity index (χ0n) is 13.8. The van der Waals surface area contributed by atoms with Gasteiger partial charge in [-0.1, -0.05) is 19.8 Å². The highest BCUT2D eigenvalue weighted by Gasteiger charge is 2.41. The third-order valence-corrected chi connectivity index (χ3v) is 7.42. The van der Waals surface area contributed by atoms with Crippen molar-refractivity contribution in [2.75, 3.05) is 0 Å². The first-order valence-electron chi connectivity index (χ1n) is 9.46. The summed E-state index contributed by atoms with van der Waals surface area (Å²) in [6.45, 7) is 2.34. The van der Waals surface area contributed by atoms with Crippen molar-refractivity contribution in [3.05, 3.63) is 0 Å². The molecule has 3 aliphatic carbocycles.